The van der Waals surface area contributed by atoms with Crippen molar-refractivity contribution in [1.29, 1.82) is 0 Å². The molecule has 0 amide bonds. The Kier molecular flexibility index (Phi) is 4.01. The van der Waals surface area contributed by atoms with Gasteiger partial charge in [-0.3, -0.25) is 10.1 Å². The van der Waals surface area contributed by atoms with Crippen LogP contribution >= 0.6 is 27.5 Å². The highest BCUT2D eigenvalue weighted by atomic mass is 79.9. The fourth-order valence-electron chi connectivity index (χ4n) is 1.60. The number of rotatable bonds is 3. The van der Waals surface area contributed by atoms with E-state index in [0.717, 1.165) is 16.1 Å². The number of hydrogen-bond donors (Lipinski definition) is 0. The number of ether oxygens (including phenoxy) is 1. The van der Waals surface area contributed by atoms with Gasteiger partial charge in [0.15, 0.2) is 0 Å². The Hall–Kier alpha value is -1.66. The summed E-state index contributed by atoms with van der Waals surface area (Å²) in [6.07, 6.45) is 2.13. The van der Waals surface area contributed by atoms with Gasteiger partial charge in [-0.2, -0.15) is 0 Å². The van der Waals surface area contributed by atoms with Crippen LogP contribution in [0.5, 0.6) is 5.75 Å². The lowest BCUT2D eigenvalue weighted by Crippen LogP contribution is -1.90. The summed E-state index contributed by atoms with van der Waals surface area (Å²) in [7, 11) is 1.56. The van der Waals surface area contributed by atoms with E-state index in [1.165, 1.54) is 6.08 Å². The van der Waals surface area contributed by atoms with Crippen molar-refractivity contribution in [2.75, 3.05) is 7.11 Å². The highest BCUT2D eigenvalue weighted by molar-refractivity contribution is 9.10. The van der Waals surface area contributed by atoms with Crippen molar-refractivity contribution in [2.24, 2.45) is 0 Å². The second-order valence-corrected chi connectivity index (χ2v) is 4.77. The molecule has 1 aromatic carbocycles. The Morgan fingerprint density at radius 3 is 2.89 bits per heavy atom. The molecule has 0 saturated carbocycles. The zero-order chi connectivity index (χ0) is 14.0. The molecule has 0 atom stereocenters. The molecule has 0 aliphatic rings. The van der Waals surface area contributed by atoms with Gasteiger partial charge in [0, 0.05) is 17.0 Å². The molecule has 0 unspecified atom stereocenters. The Bertz CT molecular complexity index is 688. The molecule has 5 nitrogen and oxygen atoms in total. The van der Waals surface area contributed by atoms with Crippen molar-refractivity contribution in [3.8, 4) is 5.75 Å². The molecule has 19 heavy (non-hydrogen) atoms. The molecule has 1 aromatic heterocycles. The third-order valence-electron chi connectivity index (χ3n) is 2.47. The summed E-state index contributed by atoms with van der Waals surface area (Å²) in [5, 5.41) is 11.3. The van der Waals surface area contributed by atoms with E-state index >= 15 is 0 Å². The lowest BCUT2D eigenvalue weighted by Gasteiger charge is -2.07. The first-order valence-electron chi connectivity index (χ1n) is 5.17. The van der Waals surface area contributed by atoms with E-state index in [9.17, 15) is 10.1 Å². The number of fused-ring (bicyclic) bond motifs is 1. The highest BCUT2D eigenvalue weighted by Gasteiger charge is 2.10. The quantitative estimate of drug-likeness (QED) is 0.481. The lowest BCUT2D eigenvalue weighted by molar-refractivity contribution is -0.400. The minimum Gasteiger partial charge on any atom is -0.496 e. The first kappa shape index (κ1) is 13.8. The fraction of sp³-hybridized carbons (Fsp3) is 0.0833. The number of methoxy groups -OCH3 is 1. The summed E-state index contributed by atoms with van der Waals surface area (Å²) in [6.45, 7) is 0. The van der Waals surface area contributed by atoms with Gasteiger partial charge in [0.1, 0.15) is 10.9 Å². The number of benzene rings is 1. The van der Waals surface area contributed by atoms with Crippen LogP contribution in [-0.2, 0) is 0 Å². The van der Waals surface area contributed by atoms with Crippen LogP contribution in [0.4, 0.5) is 0 Å². The van der Waals surface area contributed by atoms with Crippen LogP contribution in [-0.4, -0.2) is 17.0 Å². The molecule has 7 heteroatoms. The maximum absolute atomic E-state index is 10.3. The van der Waals surface area contributed by atoms with Gasteiger partial charge in [0.25, 0.3) is 0 Å². The molecule has 1 heterocycles. The van der Waals surface area contributed by atoms with Crippen LogP contribution in [0.15, 0.2) is 28.9 Å². The first-order chi connectivity index (χ1) is 9.02. The van der Waals surface area contributed by atoms with Gasteiger partial charge in [-0.25, -0.2) is 4.98 Å². The second kappa shape index (κ2) is 5.54. The highest BCUT2D eigenvalue weighted by Crippen LogP contribution is 2.34. The SMILES string of the molecule is COc1ccc2nc(Cl)c(C=C[N+](=O)[O-])cc2c1Br. The number of nitrogens with zero attached hydrogens (tertiary/aromatic N) is 2. The smallest absolute Gasteiger partial charge is 0.235 e. The van der Waals surface area contributed by atoms with Crippen LogP contribution in [0.1, 0.15) is 5.56 Å². The predicted octanol–water partition coefficient (Wildman–Crippen LogP) is 3.91. The predicted molar refractivity (Wildman–Crippen MR) is 77.0 cm³/mol. The van der Waals surface area contributed by atoms with Gasteiger partial charge in [0.2, 0.25) is 6.20 Å². The topological polar surface area (TPSA) is 65.3 Å². The zero-order valence-corrected chi connectivity index (χ0v) is 12.1. The molecule has 2 aromatic rings. The van der Waals surface area contributed by atoms with E-state index in [-0.39, 0.29) is 5.15 Å². The van der Waals surface area contributed by atoms with Gasteiger partial charge >= 0.3 is 0 Å². The van der Waals surface area contributed by atoms with E-state index in [1.807, 2.05) is 0 Å². The van der Waals surface area contributed by atoms with Gasteiger partial charge in [-0.1, -0.05) is 11.6 Å². The Balaban J connectivity index is 2.65. The summed E-state index contributed by atoms with van der Waals surface area (Å²) < 4.78 is 5.92. The Morgan fingerprint density at radius 2 is 2.26 bits per heavy atom. The van der Waals surface area contributed by atoms with Gasteiger partial charge in [-0.05, 0) is 34.1 Å². The molecular formula is C12H8BrClN2O3. The van der Waals surface area contributed by atoms with Gasteiger partial charge in [0.05, 0.1) is 22.0 Å². The molecule has 0 N–H and O–H groups in total. The minimum absolute atomic E-state index is 0.211. The molecule has 0 fully saturated rings. The normalized spacial score (nSPS) is 11.1. The van der Waals surface area contributed by atoms with Gasteiger partial charge < -0.3 is 4.74 Å². The number of aromatic nitrogens is 1. The summed E-state index contributed by atoms with van der Waals surface area (Å²) in [5.74, 6) is 0.654. The van der Waals surface area contributed by atoms with E-state index in [1.54, 1.807) is 25.3 Å². The Labute approximate surface area is 122 Å². The Morgan fingerprint density at radius 1 is 1.53 bits per heavy atom. The fourth-order valence-corrected chi connectivity index (χ4v) is 2.42. The number of nitro groups is 1. The number of halogens is 2. The average molecular weight is 344 g/mol. The van der Waals surface area contributed by atoms with Gasteiger partial charge in [-0.15, -0.1) is 0 Å². The molecule has 0 aliphatic heterocycles. The van der Waals surface area contributed by atoms with Crippen LogP contribution in [0, 0.1) is 10.1 Å². The van der Waals surface area contributed by atoms with Crippen LogP contribution in [0.3, 0.4) is 0 Å². The van der Waals surface area contributed by atoms with E-state index in [4.69, 9.17) is 16.3 Å². The largest absolute Gasteiger partial charge is 0.496 e. The lowest BCUT2D eigenvalue weighted by atomic mass is 10.1. The molecule has 0 radical (unpaired) electrons. The van der Waals surface area contributed by atoms with Crippen molar-refractivity contribution in [3.63, 3.8) is 0 Å². The molecule has 2 rings (SSSR count). The molecule has 0 aliphatic carbocycles. The summed E-state index contributed by atoms with van der Waals surface area (Å²) in [6, 6.07) is 5.26. The maximum Gasteiger partial charge on any atom is 0.235 e. The first-order valence-corrected chi connectivity index (χ1v) is 6.34. The van der Waals surface area contributed by atoms with E-state index < -0.39 is 4.92 Å². The summed E-state index contributed by atoms with van der Waals surface area (Å²) in [5.41, 5.74) is 1.15. The third kappa shape index (κ3) is 2.85. The monoisotopic (exact) mass is 342 g/mol. The average Bonchev–Trinajstić information content (AvgIpc) is 2.37. The van der Waals surface area contributed by atoms with Crippen molar-refractivity contribution in [2.45, 2.75) is 0 Å². The maximum atomic E-state index is 10.3. The third-order valence-corrected chi connectivity index (χ3v) is 3.59. The minimum atomic E-state index is -0.554. The molecular weight excluding hydrogens is 335 g/mol. The molecule has 98 valence electrons. The summed E-state index contributed by atoms with van der Waals surface area (Å²) in [4.78, 5) is 14.0. The molecule has 0 spiro atoms. The molecule has 0 bridgehead atoms. The second-order valence-electron chi connectivity index (χ2n) is 3.62. The summed E-state index contributed by atoms with van der Waals surface area (Å²) >= 11 is 9.40. The number of hydrogen-bond acceptors (Lipinski definition) is 4. The van der Waals surface area contributed by atoms with E-state index in [2.05, 4.69) is 20.9 Å². The van der Waals surface area contributed by atoms with Crippen molar-refractivity contribution in [1.82, 2.24) is 4.98 Å². The van der Waals surface area contributed by atoms with Crippen LogP contribution in [0.2, 0.25) is 5.15 Å². The van der Waals surface area contributed by atoms with Crippen molar-refractivity contribution >= 4 is 44.5 Å². The van der Waals surface area contributed by atoms with Crippen LogP contribution in [0.25, 0.3) is 17.0 Å². The standard InChI is InChI=1S/C12H8BrClN2O3/c1-19-10-3-2-9-8(11(10)13)6-7(12(14)15-9)4-5-16(17)18/h2-6H,1H3. The van der Waals surface area contributed by atoms with E-state index in [0.29, 0.717) is 16.8 Å². The van der Waals surface area contributed by atoms with Crippen LogP contribution < -0.4 is 4.74 Å². The van der Waals surface area contributed by atoms with Crippen molar-refractivity contribution < 1.29 is 9.66 Å². The van der Waals surface area contributed by atoms with Crippen molar-refractivity contribution in [3.05, 3.63) is 49.7 Å². The molecule has 0 saturated heterocycles. The zero-order valence-electron chi connectivity index (χ0n) is 9.76. The number of pyridine rings is 1.